The van der Waals surface area contributed by atoms with E-state index in [9.17, 15) is 27.5 Å². The maximum absolute atomic E-state index is 13.4. The van der Waals surface area contributed by atoms with Crippen LogP contribution in [0.4, 0.5) is 14.9 Å². The van der Waals surface area contributed by atoms with E-state index in [1.165, 1.54) is 18.2 Å². The van der Waals surface area contributed by atoms with Gasteiger partial charge in [0.15, 0.2) is 0 Å². The molecule has 0 saturated carbocycles. The molecular formula is C21H21FN2O7S. The first kappa shape index (κ1) is 23.1. The third-order valence-electron chi connectivity index (χ3n) is 4.49. The number of ether oxygens (including phenoxy) is 1. The summed E-state index contributed by atoms with van der Waals surface area (Å²) in [6, 6.07) is 7.37. The average molecular weight is 464 g/mol. The van der Waals surface area contributed by atoms with Gasteiger partial charge in [-0.15, -0.1) is 0 Å². The number of esters is 1. The Labute approximate surface area is 183 Å². The fraction of sp³-hybridized carbons (Fsp3) is 0.238. The molecule has 0 bridgehead atoms. The van der Waals surface area contributed by atoms with Gasteiger partial charge in [-0.2, -0.15) is 0 Å². The minimum absolute atomic E-state index is 0.0333. The Morgan fingerprint density at radius 1 is 1.22 bits per heavy atom. The molecular weight excluding hydrogens is 443 g/mol. The number of amides is 1. The number of aromatic hydroxyl groups is 1. The van der Waals surface area contributed by atoms with Gasteiger partial charge < -0.3 is 20.0 Å². The van der Waals surface area contributed by atoms with E-state index in [0.717, 1.165) is 28.8 Å². The highest BCUT2D eigenvalue weighted by atomic mass is 32.2. The molecule has 11 heteroatoms. The smallest absolute Gasteiger partial charge is 0.412 e. The van der Waals surface area contributed by atoms with Crippen LogP contribution in [0.25, 0.3) is 22.3 Å². The summed E-state index contributed by atoms with van der Waals surface area (Å²) in [6.45, 7) is 3.70. The number of nitrogens with zero attached hydrogens (tertiary/aromatic N) is 1. The van der Waals surface area contributed by atoms with Crippen LogP contribution < -0.4 is 10.0 Å². The summed E-state index contributed by atoms with van der Waals surface area (Å²) >= 11 is 0. The van der Waals surface area contributed by atoms with Gasteiger partial charge in [0.1, 0.15) is 28.5 Å². The van der Waals surface area contributed by atoms with Gasteiger partial charge in [0.05, 0.1) is 11.9 Å². The molecule has 0 saturated heterocycles. The molecule has 3 N–H and O–H groups in total. The molecule has 32 heavy (non-hydrogen) atoms. The Hall–Kier alpha value is -3.60. The van der Waals surface area contributed by atoms with Crippen molar-refractivity contribution in [2.24, 2.45) is 11.7 Å². The molecule has 2 aromatic carbocycles. The van der Waals surface area contributed by atoms with Crippen LogP contribution >= 0.6 is 0 Å². The molecule has 0 unspecified atom stereocenters. The van der Waals surface area contributed by atoms with Gasteiger partial charge in [0, 0.05) is 23.6 Å². The van der Waals surface area contributed by atoms with Crippen molar-refractivity contribution < 1.29 is 36.7 Å². The minimum Gasteiger partial charge on any atom is -0.506 e. The standard InChI is InChI=1S/C21H21FN2O7S/c1-11(2)10-24(32(3,28)29)15-9-17-14(8-16(15)25)18(20(26)31-21(23)27)19(30-17)12-4-6-13(22)7-5-12/h4-9,11,25H,10H2,1-3H3,(H2,23,27). The molecule has 3 rings (SSSR count). The monoisotopic (exact) mass is 464 g/mol. The number of phenolic OH excluding ortho intramolecular Hbond substituents is 1. The van der Waals surface area contributed by atoms with Crippen LogP contribution in [0.5, 0.6) is 5.75 Å². The highest BCUT2D eigenvalue weighted by molar-refractivity contribution is 7.92. The minimum atomic E-state index is -3.76. The summed E-state index contributed by atoms with van der Waals surface area (Å²) in [5.41, 5.74) is 4.98. The molecule has 1 aromatic heterocycles. The summed E-state index contributed by atoms with van der Waals surface area (Å²) in [5, 5.41) is 10.7. The van der Waals surface area contributed by atoms with Gasteiger partial charge in [0.25, 0.3) is 0 Å². The van der Waals surface area contributed by atoms with Crippen molar-refractivity contribution in [2.45, 2.75) is 13.8 Å². The Kier molecular flexibility index (Phi) is 6.13. The summed E-state index contributed by atoms with van der Waals surface area (Å²) in [4.78, 5) is 23.7. The van der Waals surface area contributed by atoms with E-state index in [1.54, 1.807) is 0 Å². The number of benzene rings is 2. The molecule has 0 radical (unpaired) electrons. The molecule has 0 fully saturated rings. The number of carbonyl (C=O) groups is 2. The first-order chi connectivity index (χ1) is 14.9. The Bertz CT molecular complexity index is 1300. The second-order valence-electron chi connectivity index (χ2n) is 7.55. The summed E-state index contributed by atoms with van der Waals surface area (Å²) in [6.07, 6.45) is -0.351. The maximum Gasteiger partial charge on any atom is 0.412 e. The number of phenols is 1. The predicted molar refractivity (Wildman–Crippen MR) is 115 cm³/mol. The summed E-state index contributed by atoms with van der Waals surface area (Å²) < 4.78 is 49.3. The van der Waals surface area contributed by atoms with Crippen LogP contribution in [-0.4, -0.2) is 38.4 Å². The molecule has 9 nitrogen and oxygen atoms in total. The maximum atomic E-state index is 13.4. The number of primary amides is 1. The quantitative estimate of drug-likeness (QED) is 0.419. The van der Waals surface area contributed by atoms with E-state index in [0.29, 0.717) is 0 Å². The summed E-state index contributed by atoms with van der Waals surface area (Å²) in [7, 11) is -3.76. The van der Waals surface area contributed by atoms with Crippen LogP contribution in [0.2, 0.25) is 0 Å². The molecule has 170 valence electrons. The van der Waals surface area contributed by atoms with Crippen molar-refractivity contribution in [3.63, 3.8) is 0 Å². The van der Waals surface area contributed by atoms with E-state index in [4.69, 9.17) is 10.2 Å². The van der Waals surface area contributed by atoms with Crippen LogP contribution in [0.15, 0.2) is 40.8 Å². The van der Waals surface area contributed by atoms with Gasteiger partial charge in [-0.3, -0.25) is 4.31 Å². The zero-order valence-electron chi connectivity index (χ0n) is 17.5. The van der Waals surface area contributed by atoms with Gasteiger partial charge in [-0.1, -0.05) is 13.8 Å². The lowest BCUT2D eigenvalue weighted by Gasteiger charge is -2.24. The van der Waals surface area contributed by atoms with Crippen molar-refractivity contribution in [1.29, 1.82) is 0 Å². The molecule has 0 aliphatic rings. The number of furan rings is 1. The number of rotatable bonds is 6. The first-order valence-corrected chi connectivity index (χ1v) is 11.3. The highest BCUT2D eigenvalue weighted by Crippen LogP contribution is 2.41. The zero-order chi connectivity index (χ0) is 23.8. The fourth-order valence-corrected chi connectivity index (χ4v) is 4.29. The third kappa shape index (κ3) is 4.67. The average Bonchev–Trinajstić information content (AvgIpc) is 3.03. The molecule has 0 aliphatic heterocycles. The second-order valence-corrected chi connectivity index (χ2v) is 9.45. The topological polar surface area (TPSA) is 140 Å². The number of halogens is 1. The van der Waals surface area contributed by atoms with Crippen LogP contribution in [-0.2, 0) is 14.8 Å². The molecule has 1 amide bonds. The van der Waals surface area contributed by atoms with E-state index in [1.807, 2.05) is 13.8 Å². The Morgan fingerprint density at radius 3 is 2.38 bits per heavy atom. The summed E-state index contributed by atoms with van der Waals surface area (Å²) in [5.74, 6) is -2.25. The van der Waals surface area contributed by atoms with Gasteiger partial charge in [0.2, 0.25) is 10.0 Å². The zero-order valence-corrected chi connectivity index (χ0v) is 18.3. The van der Waals surface area contributed by atoms with Gasteiger partial charge in [-0.05, 0) is 36.2 Å². The molecule has 0 spiro atoms. The number of hydrogen-bond acceptors (Lipinski definition) is 7. The van der Waals surface area contributed by atoms with Gasteiger partial charge >= 0.3 is 12.1 Å². The fourth-order valence-electron chi connectivity index (χ4n) is 3.21. The largest absolute Gasteiger partial charge is 0.506 e. The highest BCUT2D eigenvalue weighted by Gasteiger charge is 2.28. The first-order valence-electron chi connectivity index (χ1n) is 9.43. The SMILES string of the molecule is CC(C)CN(c1cc2oc(-c3ccc(F)cc3)c(C(=O)OC(N)=O)c2cc1O)S(C)(=O)=O. The Morgan fingerprint density at radius 2 is 1.84 bits per heavy atom. The lowest BCUT2D eigenvalue weighted by atomic mass is 10.0. The van der Waals surface area contributed by atoms with Crippen LogP contribution in [0.3, 0.4) is 0 Å². The molecule has 0 aliphatic carbocycles. The number of hydrogen-bond donors (Lipinski definition) is 2. The van der Waals surface area contributed by atoms with Crippen molar-refractivity contribution in [2.75, 3.05) is 17.1 Å². The number of nitrogens with two attached hydrogens (primary N) is 1. The van der Waals surface area contributed by atoms with E-state index in [2.05, 4.69) is 4.74 Å². The third-order valence-corrected chi connectivity index (χ3v) is 5.64. The second kappa shape index (κ2) is 8.50. The van der Waals surface area contributed by atoms with E-state index in [-0.39, 0.29) is 46.0 Å². The molecule has 0 atom stereocenters. The van der Waals surface area contributed by atoms with E-state index < -0.39 is 33.7 Å². The van der Waals surface area contributed by atoms with Crippen molar-refractivity contribution in [1.82, 2.24) is 0 Å². The number of sulfonamides is 1. The number of carbonyl (C=O) groups excluding carboxylic acids is 2. The van der Waals surface area contributed by atoms with E-state index >= 15 is 0 Å². The lowest BCUT2D eigenvalue weighted by molar-refractivity contribution is 0.0640. The van der Waals surface area contributed by atoms with Gasteiger partial charge in [-0.25, -0.2) is 22.4 Å². The lowest BCUT2D eigenvalue weighted by Crippen LogP contribution is -2.33. The predicted octanol–water partition coefficient (Wildman–Crippen LogP) is 3.60. The van der Waals surface area contributed by atoms with Crippen molar-refractivity contribution >= 4 is 38.7 Å². The van der Waals surface area contributed by atoms with Crippen LogP contribution in [0, 0.1) is 11.7 Å². The molecule has 1 heterocycles. The van der Waals surface area contributed by atoms with Crippen LogP contribution in [0.1, 0.15) is 24.2 Å². The number of fused-ring (bicyclic) bond motifs is 1. The van der Waals surface area contributed by atoms with Crippen molar-refractivity contribution in [3.05, 3.63) is 47.8 Å². The number of anilines is 1. The van der Waals surface area contributed by atoms with Crippen molar-refractivity contribution in [3.8, 4) is 17.1 Å². The Balaban J connectivity index is 2.29. The normalized spacial score (nSPS) is 11.7. The molecule has 3 aromatic rings.